The summed E-state index contributed by atoms with van der Waals surface area (Å²) in [6, 6.07) is 23.3. The lowest BCUT2D eigenvalue weighted by Crippen LogP contribution is -2.54. The number of carbonyl (C=O) groups is 4. The number of H-pyrrole nitrogens is 2. The number of likely N-dealkylation sites (tertiary alicyclic amines) is 2. The lowest BCUT2D eigenvalue weighted by Gasteiger charge is -2.35. The summed E-state index contributed by atoms with van der Waals surface area (Å²) in [6.45, 7) is 8.23. The molecule has 3 fully saturated rings. The predicted octanol–water partition coefficient (Wildman–Crippen LogP) is 8.06. The number of aromatic amines is 2. The summed E-state index contributed by atoms with van der Waals surface area (Å²) < 4.78 is 20.8. The zero-order valence-corrected chi connectivity index (χ0v) is 41.6. The molecule has 0 radical (unpaired) electrons. The maximum Gasteiger partial charge on any atom is 0.407 e. The van der Waals surface area contributed by atoms with E-state index in [1.807, 2.05) is 22.8 Å². The molecule has 1 saturated carbocycles. The van der Waals surface area contributed by atoms with Gasteiger partial charge >= 0.3 is 12.2 Å². The van der Waals surface area contributed by atoms with Crippen LogP contribution in [0.4, 0.5) is 9.59 Å². The van der Waals surface area contributed by atoms with Gasteiger partial charge in [-0.1, -0.05) is 48.5 Å². The average molecular weight is 975 g/mol. The summed E-state index contributed by atoms with van der Waals surface area (Å²) in [5.74, 6) is 1.26. The summed E-state index contributed by atoms with van der Waals surface area (Å²) in [4.78, 5) is 73.8. The van der Waals surface area contributed by atoms with E-state index in [-0.39, 0.29) is 48.3 Å². The number of amides is 4. The van der Waals surface area contributed by atoms with Crippen LogP contribution in [0.3, 0.4) is 0 Å². The minimum absolute atomic E-state index is 0.0786. The Labute approximate surface area is 418 Å². The van der Waals surface area contributed by atoms with Gasteiger partial charge in [0, 0.05) is 39.3 Å². The Hall–Kier alpha value is -7.04. The number of ether oxygens (including phenoxy) is 4. The van der Waals surface area contributed by atoms with Crippen LogP contribution in [0.15, 0.2) is 79.4 Å². The van der Waals surface area contributed by atoms with Crippen LogP contribution in [-0.4, -0.2) is 120 Å². The number of aryl methyl sites for hydroxylation is 2. The van der Waals surface area contributed by atoms with Gasteiger partial charge in [0.05, 0.1) is 66.5 Å². The summed E-state index contributed by atoms with van der Waals surface area (Å²) in [6.07, 6.45) is 4.71. The van der Waals surface area contributed by atoms with Crippen LogP contribution in [0.5, 0.6) is 0 Å². The minimum Gasteiger partial charge on any atom is -0.453 e. The summed E-state index contributed by atoms with van der Waals surface area (Å²) in [7, 11) is 5.68. The van der Waals surface area contributed by atoms with Crippen LogP contribution in [0.1, 0.15) is 90.6 Å². The number of hydrogen-bond acceptors (Lipinski definition) is 10. The van der Waals surface area contributed by atoms with E-state index in [4.69, 9.17) is 28.9 Å². The van der Waals surface area contributed by atoms with Gasteiger partial charge in [-0.3, -0.25) is 9.59 Å². The highest BCUT2D eigenvalue weighted by Gasteiger charge is 2.56. The molecule has 10 atom stereocenters. The fraction of sp³-hybridized carbons (Fsp3) is 0.429. The summed E-state index contributed by atoms with van der Waals surface area (Å²) >= 11 is 0. The fourth-order valence-corrected chi connectivity index (χ4v) is 12.0. The van der Waals surface area contributed by atoms with Crippen molar-refractivity contribution >= 4 is 46.1 Å². The number of methoxy groups -OCH3 is 4. The van der Waals surface area contributed by atoms with Crippen LogP contribution in [0.25, 0.3) is 44.3 Å². The molecule has 4 bridgehead atoms. The van der Waals surface area contributed by atoms with Gasteiger partial charge in [0.1, 0.15) is 17.7 Å². The maximum atomic E-state index is 14.3. The fourth-order valence-electron chi connectivity index (χ4n) is 12.0. The van der Waals surface area contributed by atoms with Crippen molar-refractivity contribution in [2.45, 2.75) is 94.7 Å². The number of aromatic nitrogens is 4. The van der Waals surface area contributed by atoms with E-state index < -0.39 is 36.4 Å². The molecule has 16 nitrogen and oxygen atoms in total. The first-order valence-corrected chi connectivity index (χ1v) is 25.1. The van der Waals surface area contributed by atoms with E-state index in [1.54, 1.807) is 14.0 Å². The monoisotopic (exact) mass is 974 g/mol. The third kappa shape index (κ3) is 8.37. The second-order valence-corrected chi connectivity index (χ2v) is 20.4. The van der Waals surface area contributed by atoms with Crippen molar-refractivity contribution in [1.29, 1.82) is 0 Å². The number of imidazole rings is 2. The normalized spacial score (nSPS) is 23.2. The van der Waals surface area contributed by atoms with Crippen molar-refractivity contribution in [2.24, 2.45) is 17.8 Å². The lowest BCUT2D eigenvalue weighted by atomic mass is 9.69. The van der Waals surface area contributed by atoms with Crippen LogP contribution in [0, 0.1) is 17.8 Å². The molecule has 0 spiro atoms. The SMILES string of the molecule is C=C[C@@H]1C[C@@H](c2nc3ccc(-c4cc5ccc4[C@H]4Cc6cc(-c7ccc8nc([C@@H]9C[C@H]%10C[C@H]%10N9C(=O)[C@@H](NC(=O)OC)[C@@H](C)OC)[nH]c8c7)c(cc64)CC5)cc3[nH]2)N(C(=O)[C@@H](CNC(=O)OC)[C@@H](C)OC)C1. The van der Waals surface area contributed by atoms with Crippen molar-refractivity contribution in [1.82, 2.24) is 40.4 Å². The van der Waals surface area contributed by atoms with Crippen LogP contribution in [0.2, 0.25) is 0 Å². The van der Waals surface area contributed by atoms with Gasteiger partial charge in [-0.15, -0.1) is 6.58 Å². The van der Waals surface area contributed by atoms with E-state index >= 15 is 0 Å². The quantitative estimate of drug-likeness (QED) is 0.0776. The van der Waals surface area contributed by atoms with E-state index in [0.29, 0.717) is 18.9 Å². The van der Waals surface area contributed by atoms with Crippen molar-refractivity contribution in [3.63, 3.8) is 0 Å². The number of nitrogens with zero attached hydrogens (tertiary/aromatic N) is 4. The number of hydrogen-bond donors (Lipinski definition) is 4. The van der Waals surface area contributed by atoms with Gasteiger partial charge in [0.25, 0.3) is 0 Å². The van der Waals surface area contributed by atoms with Crippen molar-refractivity contribution < 1.29 is 38.1 Å². The molecule has 4 N–H and O–H groups in total. The first-order valence-electron chi connectivity index (χ1n) is 25.1. The van der Waals surface area contributed by atoms with Crippen LogP contribution < -0.4 is 10.6 Å². The Balaban J connectivity index is 0.849. The second-order valence-electron chi connectivity index (χ2n) is 20.4. The molecule has 16 heteroatoms. The van der Waals surface area contributed by atoms with Crippen LogP contribution in [-0.2, 0) is 47.8 Å². The van der Waals surface area contributed by atoms with E-state index in [9.17, 15) is 19.2 Å². The number of alkyl carbamates (subject to hydrolysis) is 2. The number of rotatable bonds is 14. The molecule has 72 heavy (non-hydrogen) atoms. The smallest absolute Gasteiger partial charge is 0.407 e. The third-order valence-corrected chi connectivity index (χ3v) is 16.4. The second kappa shape index (κ2) is 18.9. The molecular formula is C56H62N8O8. The summed E-state index contributed by atoms with van der Waals surface area (Å²) in [5.41, 5.74) is 14.8. The highest BCUT2D eigenvalue weighted by atomic mass is 16.5. The molecule has 2 aromatic heterocycles. The number of benzene rings is 4. The molecule has 2 aliphatic heterocycles. The Bertz CT molecular complexity index is 3140. The summed E-state index contributed by atoms with van der Waals surface area (Å²) in [5, 5.41) is 5.40. The zero-order chi connectivity index (χ0) is 50.1. The number of piperidine rings is 1. The van der Waals surface area contributed by atoms with Gasteiger partial charge in [0.2, 0.25) is 11.8 Å². The maximum absolute atomic E-state index is 14.3. The molecule has 6 aliphatic rings. The average Bonchev–Trinajstić information content (AvgIpc) is 3.80. The number of fused-ring (bicyclic) bond motifs is 6. The van der Waals surface area contributed by atoms with Gasteiger partial charge in [0.15, 0.2) is 0 Å². The van der Waals surface area contributed by atoms with E-state index in [2.05, 4.69) is 93.9 Å². The number of carbonyl (C=O) groups excluding carboxylic acids is 4. The van der Waals surface area contributed by atoms with E-state index in [1.165, 1.54) is 60.3 Å². The Kier molecular flexibility index (Phi) is 12.4. The van der Waals surface area contributed by atoms with Crippen molar-refractivity contribution in [3.8, 4) is 22.3 Å². The Morgan fingerprint density at radius 3 is 2.12 bits per heavy atom. The van der Waals surface area contributed by atoms with E-state index in [0.717, 1.165) is 76.9 Å². The van der Waals surface area contributed by atoms with Crippen LogP contribution >= 0.6 is 0 Å². The highest BCUT2D eigenvalue weighted by Crippen LogP contribution is 2.54. The molecule has 4 aromatic carbocycles. The highest BCUT2D eigenvalue weighted by molar-refractivity contribution is 5.89. The van der Waals surface area contributed by atoms with Gasteiger partial charge in [-0.05, 0) is 139 Å². The van der Waals surface area contributed by atoms with Crippen molar-refractivity contribution in [3.05, 3.63) is 119 Å². The molecular weight excluding hydrogens is 913 g/mol. The molecule has 0 unspecified atom stereocenters. The zero-order valence-electron chi connectivity index (χ0n) is 41.6. The molecule has 374 valence electrons. The molecule has 4 aliphatic carbocycles. The van der Waals surface area contributed by atoms with Gasteiger partial charge in [-0.25, -0.2) is 19.6 Å². The molecule has 6 aromatic rings. The molecule has 2 saturated heterocycles. The standard InChI is InChI=1S/C56H62N8O8/c1-8-30-18-48(63(27-30)53(65)42(28(2)69-4)26-57-55(67)71-6)51-58-43-16-13-34(23-46(43)60-51)39-17-31-9-11-32-19-40-35(21-41(40)37(39)14-10-31)20-38(32)33-12-15-44-45(22-33)61-52(59-44)49-25-36-24-47(36)64(49)54(66)50(29(3)70-5)62-56(68)72-7/h8,10,12-17,19-20,22-23,28-30,36,41-42,47-50H,1,9,11,18,21,24-27H2,2-7H3,(H,57,67)(H,58,60)(H,59,61)(H,62,68)/t28-,29-,30-,36-,41-,42+,47-,48+,49+,50+/m1/s1. The molecule has 4 amide bonds. The Morgan fingerprint density at radius 1 is 0.750 bits per heavy atom. The first kappa shape index (κ1) is 47.3. The number of nitrogens with one attached hydrogen (secondary N) is 4. The first-order chi connectivity index (χ1) is 34.9. The van der Waals surface area contributed by atoms with Crippen molar-refractivity contribution in [2.75, 3.05) is 41.5 Å². The molecule has 12 rings (SSSR count). The molecule has 4 heterocycles. The largest absolute Gasteiger partial charge is 0.453 e. The Morgan fingerprint density at radius 2 is 1.44 bits per heavy atom. The van der Waals surface area contributed by atoms with Gasteiger partial charge < -0.3 is 49.3 Å². The predicted molar refractivity (Wildman–Crippen MR) is 271 cm³/mol. The topological polar surface area (TPSA) is 193 Å². The van der Waals surface area contributed by atoms with Gasteiger partial charge in [-0.2, -0.15) is 0 Å². The minimum atomic E-state index is -0.892. The lowest BCUT2D eigenvalue weighted by molar-refractivity contribution is -0.141. The third-order valence-electron chi connectivity index (χ3n) is 16.4.